The number of aryl methyl sites for hydroxylation is 3. The molecule has 3 heteroatoms. The van der Waals surface area contributed by atoms with E-state index in [1.165, 1.54) is 6.07 Å². The smallest absolute Gasteiger partial charge is 0.224 e. The number of halogens is 1. The first kappa shape index (κ1) is 14.3. The number of rotatable bonds is 4. The molecule has 0 aliphatic rings. The normalized spacial score (nSPS) is 10.3. The van der Waals surface area contributed by atoms with Crippen LogP contribution in [-0.2, 0) is 11.2 Å². The molecule has 2 aromatic rings. The van der Waals surface area contributed by atoms with E-state index >= 15 is 0 Å². The molecule has 1 amide bonds. The quantitative estimate of drug-likeness (QED) is 0.894. The van der Waals surface area contributed by atoms with Gasteiger partial charge in [-0.2, -0.15) is 0 Å². The minimum absolute atomic E-state index is 0.0970. The average molecular weight is 271 g/mol. The van der Waals surface area contributed by atoms with Crippen molar-refractivity contribution in [3.63, 3.8) is 0 Å². The SMILES string of the molecule is Cc1ccc(NC(=O)CCc2ccccc2F)c(C)c1. The van der Waals surface area contributed by atoms with E-state index in [2.05, 4.69) is 5.32 Å². The van der Waals surface area contributed by atoms with Gasteiger partial charge < -0.3 is 5.32 Å². The third-order valence-corrected chi connectivity index (χ3v) is 3.24. The molecule has 0 heterocycles. The van der Waals surface area contributed by atoms with Crippen LogP contribution in [0.1, 0.15) is 23.1 Å². The van der Waals surface area contributed by atoms with Gasteiger partial charge in [0.2, 0.25) is 5.91 Å². The van der Waals surface area contributed by atoms with Gasteiger partial charge in [-0.3, -0.25) is 4.79 Å². The second kappa shape index (κ2) is 6.33. The Morgan fingerprint density at radius 2 is 1.90 bits per heavy atom. The molecular weight excluding hydrogens is 253 g/mol. The average Bonchev–Trinajstić information content (AvgIpc) is 2.41. The Hall–Kier alpha value is -2.16. The van der Waals surface area contributed by atoms with E-state index in [0.29, 0.717) is 12.0 Å². The molecular formula is C17H18FNO. The summed E-state index contributed by atoms with van der Waals surface area (Å²) < 4.78 is 13.4. The van der Waals surface area contributed by atoms with Gasteiger partial charge in [0, 0.05) is 12.1 Å². The Morgan fingerprint density at radius 3 is 2.60 bits per heavy atom. The highest BCUT2D eigenvalue weighted by Gasteiger charge is 2.07. The fourth-order valence-electron chi connectivity index (χ4n) is 2.12. The molecule has 0 saturated heterocycles. The van der Waals surface area contributed by atoms with Crippen molar-refractivity contribution >= 4 is 11.6 Å². The summed E-state index contributed by atoms with van der Waals surface area (Å²) in [5.41, 5.74) is 3.58. The van der Waals surface area contributed by atoms with Gasteiger partial charge in [-0.15, -0.1) is 0 Å². The van der Waals surface area contributed by atoms with Crippen molar-refractivity contribution in [3.05, 3.63) is 65.0 Å². The Labute approximate surface area is 118 Å². The zero-order chi connectivity index (χ0) is 14.5. The van der Waals surface area contributed by atoms with Crippen molar-refractivity contribution < 1.29 is 9.18 Å². The van der Waals surface area contributed by atoms with Crippen molar-refractivity contribution in [1.29, 1.82) is 0 Å². The monoisotopic (exact) mass is 271 g/mol. The van der Waals surface area contributed by atoms with E-state index in [9.17, 15) is 9.18 Å². The molecule has 104 valence electrons. The summed E-state index contributed by atoms with van der Waals surface area (Å²) in [4.78, 5) is 11.9. The molecule has 2 nitrogen and oxygen atoms in total. The third kappa shape index (κ3) is 3.67. The van der Waals surface area contributed by atoms with Gasteiger partial charge in [0.05, 0.1) is 0 Å². The topological polar surface area (TPSA) is 29.1 Å². The van der Waals surface area contributed by atoms with E-state index in [1.807, 2.05) is 32.0 Å². The number of carbonyl (C=O) groups is 1. The summed E-state index contributed by atoms with van der Waals surface area (Å²) in [6.07, 6.45) is 0.678. The van der Waals surface area contributed by atoms with E-state index < -0.39 is 0 Å². The predicted molar refractivity (Wildman–Crippen MR) is 79.3 cm³/mol. The lowest BCUT2D eigenvalue weighted by Crippen LogP contribution is -2.13. The van der Waals surface area contributed by atoms with E-state index in [1.54, 1.807) is 18.2 Å². The van der Waals surface area contributed by atoms with Gasteiger partial charge in [0.25, 0.3) is 0 Å². The summed E-state index contributed by atoms with van der Waals surface area (Å²) in [6.45, 7) is 3.97. The number of benzene rings is 2. The fraction of sp³-hybridized carbons (Fsp3) is 0.235. The maximum Gasteiger partial charge on any atom is 0.224 e. The lowest BCUT2D eigenvalue weighted by Gasteiger charge is -2.09. The van der Waals surface area contributed by atoms with Crippen LogP contribution in [0.3, 0.4) is 0 Å². The Kier molecular flexibility index (Phi) is 4.51. The summed E-state index contributed by atoms with van der Waals surface area (Å²) in [5, 5.41) is 2.87. The van der Waals surface area contributed by atoms with Gasteiger partial charge in [0.1, 0.15) is 5.82 Å². The molecule has 0 aliphatic carbocycles. The van der Waals surface area contributed by atoms with Crippen molar-refractivity contribution in [2.45, 2.75) is 26.7 Å². The highest BCUT2D eigenvalue weighted by molar-refractivity contribution is 5.91. The van der Waals surface area contributed by atoms with Crippen molar-refractivity contribution in [2.24, 2.45) is 0 Å². The lowest BCUT2D eigenvalue weighted by atomic mass is 10.1. The Bertz CT molecular complexity index is 622. The highest BCUT2D eigenvalue weighted by atomic mass is 19.1. The number of anilines is 1. The highest BCUT2D eigenvalue weighted by Crippen LogP contribution is 2.17. The van der Waals surface area contributed by atoms with Crippen molar-refractivity contribution in [3.8, 4) is 0 Å². The van der Waals surface area contributed by atoms with Gasteiger partial charge in [-0.1, -0.05) is 35.9 Å². The molecule has 0 atom stereocenters. The molecule has 1 N–H and O–H groups in total. The minimum atomic E-state index is -0.258. The number of amides is 1. The van der Waals surface area contributed by atoms with Gasteiger partial charge in [0.15, 0.2) is 0 Å². The molecule has 0 bridgehead atoms. The summed E-state index contributed by atoms with van der Waals surface area (Å²) >= 11 is 0. The largest absolute Gasteiger partial charge is 0.326 e. The molecule has 0 saturated carbocycles. The number of hydrogen-bond acceptors (Lipinski definition) is 1. The van der Waals surface area contributed by atoms with Crippen LogP contribution in [0.2, 0.25) is 0 Å². The van der Waals surface area contributed by atoms with Gasteiger partial charge >= 0.3 is 0 Å². The molecule has 0 radical (unpaired) electrons. The van der Waals surface area contributed by atoms with Crippen LogP contribution in [-0.4, -0.2) is 5.91 Å². The zero-order valence-electron chi connectivity index (χ0n) is 11.7. The number of hydrogen-bond donors (Lipinski definition) is 1. The molecule has 0 fully saturated rings. The summed E-state index contributed by atoms with van der Waals surface area (Å²) in [6, 6.07) is 12.4. The maximum absolute atomic E-state index is 13.4. The predicted octanol–water partition coefficient (Wildman–Crippen LogP) is 4.01. The van der Waals surface area contributed by atoms with Crippen LogP contribution in [0.4, 0.5) is 10.1 Å². The molecule has 0 spiro atoms. The van der Waals surface area contributed by atoms with E-state index in [4.69, 9.17) is 0 Å². The van der Waals surface area contributed by atoms with Crippen LogP contribution in [0.25, 0.3) is 0 Å². The van der Waals surface area contributed by atoms with E-state index in [-0.39, 0.29) is 18.1 Å². The summed E-state index contributed by atoms with van der Waals surface area (Å²) in [7, 11) is 0. The Morgan fingerprint density at radius 1 is 1.15 bits per heavy atom. The number of nitrogens with one attached hydrogen (secondary N) is 1. The van der Waals surface area contributed by atoms with Crippen molar-refractivity contribution in [2.75, 3.05) is 5.32 Å². The minimum Gasteiger partial charge on any atom is -0.326 e. The maximum atomic E-state index is 13.4. The summed E-state index contributed by atoms with van der Waals surface area (Å²) in [5.74, 6) is -0.355. The first-order valence-electron chi connectivity index (χ1n) is 6.67. The Balaban J connectivity index is 1.94. The molecule has 0 aromatic heterocycles. The molecule has 2 rings (SSSR count). The molecule has 20 heavy (non-hydrogen) atoms. The first-order valence-corrected chi connectivity index (χ1v) is 6.67. The van der Waals surface area contributed by atoms with E-state index in [0.717, 1.165) is 16.8 Å². The molecule has 0 unspecified atom stereocenters. The third-order valence-electron chi connectivity index (χ3n) is 3.24. The fourth-order valence-corrected chi connectivity index (χ4v) is 2.12. The van der Waals surface area contributed by atoms with Crippen LogP contribution < -0.4 is 5.32 Å². The van der Waals surface area contributed by atoms with Crippen LogP contribution in [0.5, 0.6) is 0 Å². The van der Waals surface area contributed by atoms with Crippen LogP contribution >= 0.6 is 0 Å². The molecule has 0 aliphatic heterocycles. The van der Waals surface area contributed by atoms with Gasteiger partial charge in [-0.25, -0.2) is 4.39 Å². The van der Waals surface area contributed by atoms with Gasteiger partial charge in [-0.05, 0) is 43.5 Å². The lowest BCUT2D eigenvalue weighted by molar-refractivity contribution is -0.116. The molecule has 2 aromatic carbocycles. The first-order chi connectivity index (χ1) is 9.56. The van der Waals surface area contributed by atoms with Crippen molar-refractivity contribution in [1.82, 2.24) is 0 Å². The second-order valence-corrected chi connectivity index (χ2v) is 4.96. The van der Waals surface area contributed by atoms with Crippen LogP contribution in [0, 0.1) is 19.7 Å². The second-order valence-electron chi connectivity index (χ2n) is 4.96. The van der Waals surface area contributed by atoms with Crippen LogP contribution in [0.15, 0.2) is 42.5 Å². The number of carbonyl (C=O) groups excluding carboxylic acids is 1. The zero-order valence-corrected chi connectivity index (χ0v) is 11.7. The standard InChI is InChI=1S/C17H18FNO/c1-12-7-9-16(13(2)11-12)19-17(20)10-8-14-5-3-4-6-15(14)18/h3-7,9,11H,8,10H2,1-2H3,(H,19,20).